The van der Waals surface area contributed by atoms with Gasteiger partial charge in [0.2, 0.25) is 5.91 Å². The number of anilines is 1. The zero-order valence-electron chi connectivity index (χ0n) is 14.0. The zero-order chi connectivity index (χ0) is 17.6. The first kappa shape index (κ1) is 17.4. The molecule has 2 N–H and O–H groups in total. The Bertz CT molecular complexity index is 740. The number of ether oxygens (including phenoxy) is 1. The van der Waals surface area contributed by atoms with E-state index in [9.17, 15) is 9.59 Å². The number of hydrogen-bond acceptors (Lipinski definition) is 4. The molecule has 0 saturated heterocycles. The Morgan fingerprint density at radius 2 is 1.76 bits per heavy atom. The fourth-order valence-corrected chi connectivity index (χ4v) is 2.92. The van der Waals surface area contributed by atoms with Gasteiger partial charge in [0.25, 0.3) is 5.91 Å². The third kappa shape index (κ3) is 5.26. The topological polar surface area (TPSA) is 67.4 Å². The molecular weight excluding hydrogens is 336 g/mol. The molecule has 3 rings (SSSR count). The number of benzene rings is 2. The van der Waals surface area contributed by atoms with E-state index in [4.69, 9.17) is 4.74 Å². The highest BCUT2D eigenvalue weighted by molar-refractivity contribution is 8.00. The largest absolute Gasteiger partial charge is 0.497 e. The Morgan fingerprint density at radius 3 is 2.36 bits per heavy atom. The molecule has 0 spiro atoms. The van der Waals surface area contributed by atoms with Crippen molar-refractivity contribution in [3.63, 3.8) is 0 Å². The Morgan fingerprint density at radius 1 is 1.08 bits per heavy atom. The summed E-state index contributed by atoms with van der Waals surface area (Å²) in [6.07, 6.45) is 2.12. The SMILES string of the molecule is COc1ccc(SCC(=O)Nc2ccc(C(=O)NC3CC3)cc2)cc1. The molecule has 0 heterocycles. The molecule has 1 fully saturated rings. The number of hydrogen-bond donors (Lipinski definition) is 2. The maximum Gasteiger partial charge on any atom is 0.251 e. The van der Waals surface area contributed by atoms with E-state index in [1.54, 1.807) is 31.4 Å². The molecule has 1 aliphatic rings. The van der Waals surface area contributed by atoms with Gasteiger partial charge in [-0.1, -0.05) is 0 Å². The lowest BCUT2D eigenvalue weighted by molar-refractivity contribution is -0.113. The molecule has 2 aromatic rings. The minimum atomic E-state index is -0.0870. The van der Waals surface area contributed by atoms with Gasteiger partial charge in [0, 0.05) is 22.2 Å². The lowest BCUT2D eigenvalue weighted by atomic mass is 10.2. The number of thioether (sulfide) groups is 1. The first-order chi connectivity index (χ1) is 12.1. The minimum Gasteiger partial charge on any atom is -0.497 e. The van der Waals surface area contributed by atoms with Gasteiger partial charge in [-0.15, -0.1) is 11.8 Å². The summed E-state index contributed by atoms with van der Waals surface area (Å²) in [4.78, 5) is 25.0. The summed E-state index contributed by atoms with van der Waals surface area (Å²) in [5.41, 5.74) is 1.29. The first-order valence-corrected chi connectivity index (χ1v) is 9.10. The zero-order valence-corrected chi connectivity index (χ0v) is 14.8. The van der Waals surface area contributed by atoms with Crippen LogP contribution >= 0.6 is 11.8 Å². The van der Waals surface area contributed by atoms with E-state index >= 15 is 0 Å². The smallest absolute Gasteiger partial charge is 0.251 e. The molecule has 2 aromatic carbocycles. The molecule has 6 heteroatoms. The summed E-state index contributed by atoms with van der Waals surface area (Å²) in [5.74, 6) is 0.960. The van der Waals surface area contributed by atoms with Gasteiger partial charge >= 0.3 is 0 Å². The number of methoxy groups -OCH3 is 1. The van der Waals surface area contributed by atoms with Crippen LogP contribution in [0.2, 0.25) is 0 Å². The average molecular weight is 356 g/mol. The number of nitrogens with one attached hydrogen (secondary N) is 2. The summed E-state index contributed by atoms with van der Waals surface area (Å²) in [5, 5.41) is 5.78. The molecule has 0 atom stereocenters. The van der Waals surface area contributed by atoms with Crippen molar-refractivity contribution in [2.75, 3.05) is 18.2 Å². The fourth-order valence-electron chi connectivity index (χ4n) is 2.22. The van der Waals surface area contributed by atoms with Crippen LogP contribution in [0.25, 0.3) is 0 Å². The monoisotopic (exact) mass is 356 g/mol. The molecule has 0 unspecified atom stereocenters. The van der Waals surface area contributed by atoms with E-state index < -0.39 is 0 Å². The number of amides is 2. The van der Waals surface area contributed by atoms with Crippen molar-refractivity contribution in [1.29, 1.82) is 0 Å². The summed E-state index contributed by atoms with van der Waals surface area (Å²) >= 11 is 1.46. The summed E-state index contributed by atoms with van der Waals surface area (Å²) in [6, 6.07) is 14.9. The maximum atomic E-state index is 12.0. The standard InChI is InChI=1S/C19H20N2O3S/c1-24-16-8-10-17(11-9-16)25-12-18(22)20-14-4-2-13(3-5-14)19(23)21-15-6-7-15/h2-5,8-11,15H,6-7,12H2,1H3,(H,20,22)(H,21,23). The molecule has 5 nitrogen and oxygen atoms in total. The van der Waals surface area contributed by atoms with Gasteiger partial charge < -0.3 is 15.4 Å². The predicted octanol–water partition coefficient (Wildman–Crippen LogP) is 3.32. The molecule has 130 valence electrons. The van der Waals surface area contributed by atoms with Crippen LogP contribution in [0, 0.1) is 0 Å². The lowest BCUT2D eigenvalue weighted by Crippen LogP contribution is -2.25. The van der Waals surface area contributed by atoms with Crippen LogP contribution in [0.15, 0.2) is 53.4 Å². The second-order valence-electron chi connectivity index (χ2n) is 5.84. The fraction of sp³-hybridized carbons (Fsp3) is 0.263. The second kappa shape index (κ2) is 8.07. The summed E-state index contributed by atoms with van der Waals surface area (Å²) in [6.45, 7) is 0. The van der Waals surface area contributed by atoms with Crippen LogP contribution in [-0.2, 0) is 4.79 Å². The van der Waals surface area contributed by atoms with Gasteiger partial charge in [0.15, 0.2) is 0 Å². The van der Waals surface area contributed by atoms with Crippen molar-refractivity contribution in [2.45, 2.75) is 23.8 Å². The highest BCUT2D eigenvalue weighted by atomic mass is 32.2. The Labute approximate surface area is 151 Å². The molecule has 0 aromatic heterocycles. The van der Waals surface area contributed by atoms with Gasteiger partial charge in [0.05, 0.1) is 12.9 Å². The van der Waals surface area contributed by atoms with E-state index in [2.05, 4.69) is 10.6 Å². The number of carbonyl (C=O) groups is 2. The van der Waals surface area contributed by atoms with E-state index in [-0.39, 0.29) is 11.8 Å². The normalized spacial score (nSPS) is 13.2. The quantitative estimate of drug-likeness (QED) is 0.747. The van der Waals surface area contributed by atoms with Gasteiger partial charge in [-0.25, -0.2) is 0 Å². The molecular formula is C19H20N2O3S. The van der Waals surface area contributed by atoms with E-state index in [0.29, 0.717) is 23.0 Å². The first-order valence-electron chi connectivity index (χ1n) is 8.11. The molecule has 0 aliphatic heterocycles. The highest BCUT2D eigenvalue weighted by Gasteiger charge is 2.23. The maximum absolute atomic E-state index is 12.0. The van der Waals surface area contributed by atoms with Crippen LogP contribution in [0.4, 0.5) is 5.69 Å². The number of rotatable bonds is 7. The Hall–Kier alpha value is -2.47. The number of carbonyl (C=O) groups excluding carboxylic acids is 2. The van der Waals surface area contributed by atoms with Crippen LogP contribution in [0.5, 0.6) is 5.75 Å². The Kier molecular flexibility index (Phi) is 5.60. The second-order valence-corrected chi connectivity index (χ2v) is 6.89. The Balaban J connectivity index is 1.47. The highest BCUT2D eigenvalue weighted by Crippen LogP contribution is 2.22. The van der Waals surface area contributed by atoms with Crippen molar-refractivity contribution in [2.24, 2.45) is 0 Å². The lowest BCUT2D eigenvalue weighted by Gasteiger charge is -2.07. The van der Waals surface area contributed by atoms with Crippen molar-refractivity contribution in [1.82, 2.24) is 5.32 Å². The van der Waals surface area contributed by atoms with Crippen molar-refractivity contribution >= 4 is 29.3 Å². The molecule has 25 heavy (non-hydrogen) atoms. The third-order valence-corrected chi connectivity index (χ3v) is 4.78. The molecule has 0 radical (unpaired) electrons. The molecule has 0 bridgehead atoms. The van der Waals surface area contributed by atoms with Crippen molar-refractivity contribution in [3.05, 3.63) is 54.1 Å². The van der Waals surface area contributed by atoms with E-state index in [1.165, 1.54) is 11.8 Å². The van der Waals surface area contributed by atoms with Gasteiger partial charge in [-0.2, -0.15) is 0 Å². The third-order valence-electron chi connectivity index (χ3n) is 3.77. The molecule has 1 aliphatic carbocycles. The average Bonchev–Trinajstić information content (AvgIpc) is 3.45. The van der Waals surface area contributed by atoms with E-state index in [1.807, 2.05) is 24.3 Å². The minimum absolute atomic E-state index is 0.0598. The molecule has 2 amide bonds. The summed E-state index contributed by atoms with van der Waals surface area (Å²) < 4.78 is 5.11. The van der Waals surface area contributed by atoms with Crippen molar-refractivity contribution < 1.29 is 14.3 Å². The molecule has 1 saturated carbocycles. The van der Waals surface area contributed by atoms with E-state index in [0.717, 1.165) is 23.5 Å². The van der Waals surface area contributed by atoms with Gasteiger partial charge in [-0.3, -0.25) is 9.59 Å². The van der Waals surface area contributed by atoms with Crippen LogP contribution in [-0.4, -0.2) is 30.7 Å². The summed E-state index contributed by atoms with van der Waals surface area (Å²) in [7, 11) is 1.62. The predicted molar refractivity (Wildman–Crippen MR) is 99.3 cm³/mol. The van der Waals surface area contributed by atoms with Gasteiger partial charge in [0.1, 0.15) is 5.75 Å². The van der Waals surface area contributed by atoms with Crippen molar-refractivity contribution in [3.8, 4) is 5.75 Å². The van der Waals surface area contributed by atoms with Gasteiger partial charge in [-0.05, 0) is 61.4 Å². The van der Waals surface area contributed by atoms with Crippen LogP contribution in [0.1, 0.15) is 23.2 Å². The van der Waals surface area contributed by atoms with Crippen LogP contribution in [0.3, 0.4) is 0 Å². The van der Waals surface area contributed by atoms with Crippen LogP contribution < -0.4 is 15.4 Å².